The topological polar surface area (TPSA) is 69.7 Å². The average molecular weight is 386 g/mol. The lowest BCUT2D eigenvalue weighted by molar-refractivity contribution is -0.136. The smallest absolute Gasteiger partial charge is 0.225 e. The van der Waals surface area contributed by atoms with Gasteiger partial charge in [-0.25, -0.2) is 0 Å². The lowest BCUT2D eigenvalue weighted by Gasteiger charge is -2.33. The van der Waals surface area contributed by atoms with Gasteiger partial charge in [-0.2, -0.15) is 0 Å². The molecule has 2 aliphatic rings. The predicted octanol–water partition coefficient (Wildman–Crippen LogP) is 2.51. The minimum Gasteiger partial charge on any atom is -0.347 e. The van der Waals surface area contributed by atoms with E-state index in [-0.39, 0.29) is 29.7 Å². The van der Waals surface area contributed by atoms with Crippen molar-refractivity contribution in [1.82, 2.24) is 15.1 Å². The molecule has 0 aliphatic carbocycles. The summed E-state index contributed by atoms with van der Waals surface area (Å²) in [6, 6.07) is 9.60. The molecule has 3 rings (SSSR count). The van der Waals surface area contributed by atoms with Crippen LogP contribution >= 0.6 is 0 Å². The standard InChI is InChI=1S/C22H31N3O3/c1-2-8-20(26)24-13-6-11-18(15-24)22(28)23-19(17-9-4-3-5-10-17)16-25-14-7-12-21(25)27/h3-5,9-10,18-19H,2,6-8,11-16H2,1H3,(H,23,28). The van der Waals surface area contributed by atoms with Crippen molar-refractivity contribution in [3.05, 3.63) is 35.9 Å². The van der Waals surface area contributed by atoms with E-state index in [4.69, 9.17) is 0 Å². The summed E-state index contributed by atoms with van der Waals surface area (Å²) in [5.74, 6) is 0.0935. The van der Waals surface area contributed by atoms with Gasteiger partial charge < -0.3 is 15.1 Å². The Bertz CT molecular complexity index is 692. The number of hydrogen-bond donors (Lipinski definition) is 1. The number of likely N-dealkylation sites (tertiary alicyclic amines) is 2. The second-order valence-corrected chi connectivity index (χ2v) is 7.84. The molecular formula is C22H31N3O3. The number of piperidine rings is 1. The predicted molar refractivity (Wildman–Crippen MR) is 107 cm³/mol. The number of rotatable bonds is 7. The van der Waals surface area contributed by atoms with Crippen molar-refractivity contribution in [3.63, 3.8) is 0 Å². The van der Waals surface area contributed by atoms with E-state index in [9.17, 15) is 14.4 Å². The molecule has 28 heavy (non-hydrogen) atoms. The molecule has 0 radical (unpaired) electrons. The maximum Gasteiger partial charge on any atom is 0.225 e. The van der Waals surface area contributed by atoms with Crippen molar-refractivity contribution < 1.29 is 14.4 Å². The van der Waals surface area contributed by atoms with Gasteiger partial charge in [0.1, 0.15) is 0 Å². The second-order valence-electron chi connectivity index (χ2n) is 7.84. The van der Waals surface area contributed by atoms with E-state index < -0.39 is 0 Å². The highest BCUT2D eigenvalue weighted by Crippen LogP contribution is 2.22. The zero-order valence-electron chi connectivity index (χ0n) is 16.7. The zero-order chi connectivity index (χ0) is 19.9. The van der Waals surface area contributed by atoms with Crippen LogP contribution in [-0.4, -0.2) is 53.7 Å². The first-order valence-electron chi connectivity index (χ1n) is 10.5. The highest BCUT2D eigenvalue weighted by molar-refractivity contribution is 5.82. The molecule has 2 unspecified atom stereocenters. The number of nitrogens with zero attached hydrogens (tertiary/aromatic N) is 2. The molecule has 6 heteroatoms. The maximum atomic E-state index is 13.0. The summed E-state index contributed by atoms with van der Waals surface area (Å²) < 4.78 is 0. The molecule has 0 spiro atoms. The third kappa shape index (κ3) is 5.12. The van der Waals surface area contributed by atoms with Gasteiger partial charge in [-0.05, 0) is 31.2 Å². The molecule has 0 saturated carbocycles. The van der Waals surface area contributed by atoms with Gasteiger partial charge in [0, 0.05) is 39.0 Å². The molecule has 3 amide bonds. The summed E-state index contributed by atoms with van der Waals surface area (Å²) in [6.07, 6.45) is 4.49. The number of carbonyl (C=O) groups is 3. The highest BCUT2D eigenvalue weighted by atomic mass is 16.2. The Hall–Kier alpha value is -2.37. The molecule has 1 aromatic rings. The summed E-state index contributed by atoms with van der Waals surface area (Å²) >= 11 is 0. The van der Waals surface area contributed by atoms with Crippen LogP contribution in [0.1, 0.15) is 57.1 Å². The molecule has 2 heterocycles. The Morgan fingerprint density at radius 1 is 1.18 bits per heavy atom. The fourth-order valence-electron chi connectivity index (χ4n) is 4.12. The SMILES string of the molecule is CCCC(=O)N1CCCC(C(=O)NC(CN2CCCC2=O)c2ccccc2)C1. The van der Waals surface area contributed by atoms with Crippen molar-refractivity contribution in [1.29, 1.82) is 0 Å². The first-order valence-corrected chi connectivity index (χ1v) is 10.5. The van der Waals surface area contributed by atoms with Crippen molar-refractivity contribution in [3.8, 4) is 0 Å². The van der Waals surface area contributed by atoms with Crippen LogP contribution in [0.5, 0.6) is 0 Å². The number of carbonyl (C=O) groups excluding carboxylic acids is 3. The van der Waals surface area contributed by atoms with E-state index in [1.165, 1.54) is 0 Å². The molecule has 0 bridgehead atoms. The molecule has 2 aliphatic heterocycles. The van der Waals surface area contributed by atoms with E-state index in [0.29, 0.717) is 25.9 Å². The Kier molecular flexibility index (Phi) is 7.06. The molecule has 0 aromatic heterocycles. The molecular weight excluding hydrogens is 354 g/mol. The van der Waals surface area contributed by atoms with Crippen LogP contribution in [0.15, 0.2) is 30.3 Å². The van der Waals surface area contributed by atoms with Gasteiger partial charge in [-0.3, -0.25) is 14.4 Å². The molecule has 2 fully saturated rings. The van der Waals surface area contributed by atoms with Gasteiger partial charge in [0.25, 0.3) is 0 Å². The lowest BCUT2D eigenvalue weighted by Crippen LogP contribution is -2.47. The first kappa shape index (κ1) is 20.4. The van der Waals surface area contributed by atoms with E-state index in [2.05, 4.69) is 5.32 Å². The van der Waals surface area contributed by atoms with E-state index in [1.54, 1.807) is 0 Å². The summed E-state index contributed by atoms with van der Waals surface area (Å²) in [5.41, 5.74) is 1.00. The Morgan fingerprint density at radius 3 is 2.64 bits per heavy atom. The second kappa shape index (κ2) is 9.71. The fourth-order valence-corrected chi connectivity index (χ4v) is 4.12. The zero-order valence-corrected chi connectivity index (χ0v) is 16.7. The van der Waals surface area contributed by atoms with Crippen LogP contribution in [0.4, 0.5) is 0 Å². The fraction of sp³-hybridized carbons (Fsp3) is 0.591. The summed E-state index contributed by atoms with van der Waals surface area (Å²) in [4.78, 5) is 41.0. The summed E-state index contributed by atoms with van der Waals surface area (Å²) in [6.45, 7) is 4.48. The number of nitrogens with one attached hydrogen (secondary N) is 1. The number of amides is 3. The Morgan fingerprint density at radius 2 is 1.96 bits per heavy atom. The van der Waals surface area contributed by atoms with Crippen LogP contribution < -0.4 is 5.32 Å². The van der Waals surface area contributed by atoms with E-state index >= 15 is 0 Å². The van der Waals surface area contributed by atoms with Gasteiger partial charge in [-0.1, -0.05) is 37.3 Å². The first-order chi connectivity index (χ1) is 13.6. The summed E-state index contributed by atoms with van der Waals surface area (Å²) in [5, 5.41) is 3.17. The molecule has 6 nitrogen and oxygen atoms in total. The van der Waals surface area contributed by atoms with Crippen LogP contribution in [0.2, 0.25) is 0 Å². The highest BCUT2D eigenvalue weighted by Gasteiger charge is 2.31. The monoisotopic (exact) mass is 385 g/mol. The normalized spacial score (nSPS) is 20.9. The van der Waals surface area contributed by atoms with Gasteiger partial charge >= 0.3 is 0 Å². The van der Waals surface area contributed by atoms with E-state index in [0.717, 1.165) is 44.3 Å². The largest absolute Gasteiger partial charge is 0.347 e. The Labute approximate surface area is 167 Å². The number of benzene rings is 1. The van der Waals surface area contributed by atoms with Gasteiger partial charge in [0.15, 0.2) is 0 Å². The molecule has 1 aromatic carbocycles. The summed E-state index contributed by atoms with van der Waals surface area (Å²) in [7, 11) is 0. The Balaban J connectivity index is 1.66. The third-order valence-electron chi connectivity index (χ3n) is 5.70. The van der Waals surface area contributed by atoms with Crippen LogP contribution in [-0.2, 0) is 14.4 Å². The minimum absolute atomic E-state index is 0.0190. The van der Waals surface area contributed by atoms with Crippen molar-refractivity contribution in [2.75, 3.05) is 26.2 Å². The van der Waals surface area contributed by atoms with Crippen LogP contribution in [0.25, 0.3) is 0 Å². The van der Waals surface area contributed by atoms with Crippen LogP contribution in [0.3, 0.4) is 0 Å². The molecule has 1 N–H and O–H groups in total. The van der Waals surface area contributed by atoms with Crippen molar-refractivity contribution in [2.45, 2.75) is 51.5 Å². The molecule has 2 saturated heterocycles. The van der Waals surface area contributed by atoms with Crippen molar-refractivity contribution in [2.24, 2.45) is 5.92 Å². The maximum absolute atomic E-state index is 13.0. The quantitative estimate of drug-likeness (QED) is 0.784. The van der Waals surface area contributed by atoms with Crippen molar-refractivity contribution >= 4 is 17.7 Å². The molecule has 2 atom stereocenters. The average Bonchev–Trinajstić information content (AvgIpc) is 3.13. The third-order valence-corrected chi connectivity index (χ3v) is 5.70. The van der Waals surface area contributed by atoms with Gasteiger partial charge in [0.05, 0.1) is 12.0 Å². The van der Waals surface area contributed by atoms with Crippen LogP contribution in [0, 0.1) is 5.92 Å². The van der Waals surface area contributed by atoms with Gasteiger partial charge in [0.2, 0.25) is 17.7 Å². The molecule has 152 valence electrons. The minimum atomic E-state index is -0.225. The van der Waals surface area contributed by atoms with Gasteiger partial charge in [-0.15, -0.1) is 0 Å². The lowest BCUT2D eigenvalue weighted by atomic mass is 9.95. The van der Waals surface area contributed by atoms with E-state index in [1.807, 2.05) is 47.1 Å². The number of hydrogen-bond acceptors (Lipinski definition) is 3.